The number of aliphatic carboxylic acids is 2. The van der Waals surface area contributed by atoms with Crippen LogP contribution in [0.2, 0.25) is 0 Å². The van der Waals surface area contributed by atoms with Crippen LogP contribution in [-0.4, -0.2) is 83.2 Å². The van der Waals surface area contributed by atoms with Gasteiger partial charge in [0.25, 0.3) is 0 Å². The molecule has 1 unspecified atom stereocenters. The van der Waals surface area contributed by atoms with E-state index in [4.69, 9.17) is 24.5 Å². The van der Waals surface area contributed by atoms with Crippen LogP contribution in [-0.2, 0) is 19.1 Å². The Morgan fingerprint density at radius 1 is 0.900 bits per heavy atom. The molecule has 3 aromatic rings. The zero-order valence-corrected chi connectivity index (χ0v) is 23.2. The molecule has 0 saturated carbocycles. The molecule has 1 amide bonds. The van der Waals surface area contributed by atoms with Crippen molar-refractivity contribution in [3.05, 3.63) is 77.9 Å². The van der Waals surface area contributed by atoms with Crippen LogP contribution in [0.3, 0.4) is 0 Å². The maximum Gasteiger partial charge on any atom is 0.414 e. The second kappa shape index (κ2) is 14.9. The first-order valence-electron chi connectivity index (χ1n) is 12.9. The predicted octanol–water partition coefficient (Wildman–Crippen LogP) is 4.06. The maximum absolute atomic E-state index is 13.7. The highest BCUT2D eigenvalue weighted by atomic mass is 32.1. The SMILES string of the molecule is CCOC(=O)c1cc(-c2ccccc2)sc1NC(=O)C(c1ccccc1)N1CCN(CC)CC1.O=C(O)C(=O)O. The fraction of sp³-hybridized carbons (Fsp3) is 0.310. The summed E-state index contributed by atoms with van der Waals surface area (Å²) >= 11 is 1.40. The van der Waals surface area contributed by atoms with Gasteiger partial charge in [-0.3, -0.25) is 9.69 Å². The molecule has 4 rings (SSSR count). The van der Waals surface area contributed by atoms with Crippen LogP contribution in [0.15, 0.2) is 66.7 Å². The summed E-state index contributed by atoms with van der Waals surface area (Å²) in [6, 6.07) is 21.1. The Labute approximate surface area is 236 Å². The Morgan fingerprint density at radius 3 is 2.00 bits per heavy atom. The van der Waals surface area contributed by atoms with Crippen molar-refractivity contribution in [3.63, 3.8) is 0 Å². The molecular weight excluding hydrogens is 534 g/mol. The van der Waals surface area contributed by atoms with E-state index < -0.39 is 23.9 Å². The Morgan fingerprint density at radius 2 is 1.48 bits per heavy atom. The molecule has 1 aliphatic heterocycles. The van der Waals surface area contributed by atoms with Gasteiger partial charge in [-0.05, 0) is 30.7 Å². The number of piperazine rings is 1. The number of rotatable bonds is 8. The summed E-state index contributed by atoms with van der Waals surface area (Å²) in [4.78, 5) is 50.2. The smallest absolute Gasteiger partial charge is 0.414 e. The largest absolute Gasteiger partial charge is 0.473 e. The third-order valence-electron chi connectivity index (χ3n) is 6.29. The average Bonchev–Trinajstić information content (AvgIpc) is 3.39. The zero-order valence-electron chi connectivity index (χ0n) is 22.4. The number of thiophene rings is 1. The van der Waals surface area contributed by atoms with E-state index in [9.17, 15) is 9.59 Å². The number of carboxylic acid groups (broad SMARTS) is 2. The van der Waals surface area contributed by atoms with Crippen LogP contribution >= 0.6 is 11.3 Å². The Bertz CT molecular complexity index is 1280. The molecule has 3 N–H and O–H groups in total. The summed E-state index contributed by atoms with van der Waals surface area (Å²) < 4.78 is 5.29. The Balaban J connectivity index is 0.000000663. The summed E-state index contributed by atoms with van der Waals surface area (Å²) in [5, 5.41) is 18.4. The molecule has 0 spiro atoms. The Kier molecular flexibility index (Phi) is 11.4. The van der Waals surface area contributed by atoms with E-state index >= 15 is 0 Å². The second-order valence-electron chi connectivity index (χ2n) is 8.82. The molecule has 1 aliphatic rings. The molecule has 0 bridgehead atoms. The van der Waals surface area contributed by atoms with Crippen LogP contribution < -0.4 is 5.32 Å². The van der Waals surface area contributed by atoms with Gasteiger partial charge in [0.15, 0.2) is 0 Å². The molecular formula is C29H33N3O7S. The van der Waals surface area contributed by atoms with E-state index in [1.807, 2.05) is 66.7 Å². The van der Waals surface area contributed by atoms with Crippen molar-refractivity contribution in [2.24, 2.45) is 0 Å². The minimum Gasteiger partial charge on any atom is -0.473 e. The molecule has 11 heteroatoms. The maximum atomic E-state index is 13.7. The molecule has 40 heavy (non-hydrogen) atoms. The van der Waals surface area contributed by atoms with Gasteiger partial charge < -0.3 is 25.2 Å². The van der Waals surface area contributed by atoms with Crippen molar-refractivity contribution in [2.75, 3.05) is 44.6 Å². The number of nitrogens with one attached hydrogen (secondary N) is 1. The molecule has 1 atom stereocenters. The molecule has 10 nitrogen and oxygen atoms in total. The van der Waals surface area contributed by atoms with Crippen LogP contribution in [0.5, 0.6) is 0 Å². The number of esters is 1. The quantitative estimate of drug-likeness (QED) is 0.272. The first-order chi connectivity index (χ1) is 19.2. The first-order valence-corrected chi connectivity index (χ1v) is 13.7. The topological polar surface area (TPSA) is 136 Å². The monoisotopic (exact) mass is 567 g/mol. The second-order valence-corrected chi connectivity index (χ2v) is 9.88. The van der Waals surface area contributed by atoms with E-state index in [1.165, 1.54) is 11.3 Å². The summed E-state index contributed by atoms with van der Waals surface area (Å²) in [6.07, 6.45) is 0. The van der Waals surface area contributed by atoms with E-state index in [-0.39, 0.29) is 12.5 Å². The van der Waals surface area contributed by atoms with Gasteiger partial charge in [0, 0.05) is 31.1 Å². The third-order valence-corrected chi connectivity index (χ3v) is 7.39. The molecule has 212 valence electrons. The number of anilines is 1. The average molecular weight is 568 g/mol. The minimum atomic E-state index is -1.82. The van der Waals surface area contributed by atoms with Gasteiger partial charge in [0.1, 0.15) is 11.0 Å². The number of hydrogen-bond donors (Lipinski definition) is 3. The van der Waals surface area contributed by atoms with Crippen molar-refractivity contribution in [1.82, 2.24) is 9.80 Å². The molecule has 1 aromatic heterocycles. The van der Waals surface area contributed by atoms with Crippen LogP contribution in [0.1, 0.15) is 35.8 Å². The van der Waals surface area contributed by atoms with Gasteiger partial charge in [-0.15, -0.1) is 11.3 Å². The Hall–Kier alpha value is -4.06. The number of likely N-dealkylation sites (N-methyl/N-ethyl adjacent to an activating group) is 1. The number of carbonyl (C=O) groups excluding carboxylic acids is 2. The number of ether oxygens (including phenoxy) is 1. The summed E-state index contributed by atoms with van der Waals surface area (Å²) in [7, 11) is 0. The fourth-order valence-electron chi connectivity index (χ4n) is 4.27. The van der Waals surface area contributed by atoms with Crippen molar-refractivity contribution in [2.45, 2.75) is 19.9 Å². The van der Waals surface area contributed by atoms with E-state index in [1.54, 1.807) is 6.92 Å². The van der Waals surface area contributed by atoms with E-state index in [0.717, 1.165) is 48.7 Å². The number of carboxylic acids is 2. The lowest BCUT2D eigenvalue weighted by Gasteiger charge is -2.38. The molecule has 2 aromatic carbocycles. The fourth-order valence-corrected chi connectivity index (χ4v) is 5.32. The van der Waals surface area contributed by atoms with Gasteiger partial charge in [0.2, 0.25) is 5.91 Å². The van der Waals surface area contributed by atoms with Crippen molar-refractivity contribution < 1.29 is 34.1 Å². The number of carbonyl (C=O) groups is 4. The van der Waals surface area contributed by atoms with Gasteiger partial charge in [-0.25, -0.2) is 14.4 Å². The standard InChI is InChI=1S/C27H31N3O3S.C2H2O4/c1-3-29-15-17-30(18-16-29)24(21-13-9-6-10-14-21)25(31)28-26-22(27(32)33-4-2)19-23(34-26)20-11-7-5-8-12-20;3-1(4)2(5)6/h5-14,19,24H,3-4,15-18H2,1-2H3,(H,28,31);(H,3,4)(H,5,6). The lowest BCUT2D eigenvalue weighted by atomic mass is 10.0. The molecule has 1 saturated heterocycles. The van der Waals surface area contributed by atoms with Crippen molar-refractivity contribution >= 4 is 40.2 Å². The molecule has 2 heterocycles. The normalized spacial score (nSPS) is 14.3. The lowest BCUT2D eigenvalue weighted by molar-refractivity contribution is -0.159. The summed E-state index contributed by atoms with van der Waals surface area (Å²) in [5.74, 6) is -4.21. The van der Waals surface area contributed by atoms with Gasteiger partial charge in [-0.1, -0.05) is 67.6 Å². The van der Waals surface area contributed by atoms with Crippen LogP contribution in [0.25, 0.3) is 10.4 Å². The third kappa shape index (κ3) is 8.22. The highest BCUT2D eigenvalue weighted by Gasteiger charge is 2.31. The van der Waals surface area contributed by atoms with E-state index in [2.05, 4.69) is 22.0 Å². The van der Waals surface area contributed by atoms with Crippen molar-refractivity contribution in [1.29, 1.82) is 0 Å². The first kappa shape index (κ1) is 30.5. The number of hydrogen-bond acceptors (Lipinski definition) is 8. The number of nitrogens with zero attached hydrogens (tertiary/aromatic N) is 2. The molecule has 0 radical (unpaired) electrons. The van der Waals surface area contributed by atoms with Crippen molar-refractivity contribution in [3.8, 4) is 10.4 Å². The van der Waals surface area contributed by atoms with Gasteiger partial charge in [0.05, 0.1) is 12.2 Å². The van der Waals surface area contributed by atoms with Gasteiger partial charge >= 0.3 is 17.9 Å². The van der Waals surface area contributed by atoms with Crippen LogP contribution in [0, 0.1) is 0 Å². The number of amides is 1. The highest BCUT2D eigenvalue weighted by Crippen LogP contribution is 2.37. The predicted molar refractivity (Wildman–Crippen MR) is 152 cm³/mol. The minimum absolute atomic E-state index is 0.136. The van der Waals surface area contributed by atoms with Crippen LogP contribution in [0.4, 0.5) is 5.00 Å². The zero-order chi connectivity index (χ0) is 29.1. The van der Waals surface area contributed by atoms with Gasteiger partial charge in [-0.2, -0.15) is 0 Å². The lowest BCUT2D eigenvalue weighted by Crippen LogP contribution is -2.49. The highest BCUT2D eigenvalue weighted by molar-refractivity contribution is 7.20. The van der Waals surface area contributed by atoms with E-state index in [0.29, 0.717) is 10.6 Å². The summed E-state index contributed by atoms with van der Waals surface area (Å²) in [6.45, 7) is 8.71. The molecule has 1 fully saturated rings. The number of benzene rings is 2. The molecule has 0 aliphatic carbocycles. The summed E-state index contributed by atoms with van der Waals surface area (Å²) in [5.41, 5.74) is 2.33.